The number of nitrogen functional groups attached to an aromatic ring is 1. The highest BCUT2D eigenvalue weighted by Gasteiger charge is 2.31. The molecule has 8 nitrogen and oxygen atoms in total. The lowest BCUT2D eigenvalue weighted by Gasteiger charge is -2.33. The van der Waals surface area contributed by atoms with Crippen LogP contribution in [0.2, 0.25) is 0 Å². The maximum Gasteiger partial charge on any atom is 0.416 e. The molecular formula is C23H24F3N5O3. The topological polar surface area (TPSA) is 113 Å². The molecule has 0 aliphatic carbocycles. The van der Waals surface area contributed by atoms with Crippen LogP contribution in [0.25, 0.3) is 11.1 Å². The van der Waals surface area contributed by atoms with Gasteiger partial charge in [-0.2, -0.15) is 13.2 Å². The van der Waals surface area contributed by atoms with Gasteiger partial charge in [-0.25, -0.2) is 4.98 Å². The first-order valence-electron chi connectivity index (χ1n) is 10.8. The fourth-order valence-electron chi connectivity index (χ4n) is 3.94. The lowest BCUT2D eigenvalue weighted by Crippen LogP contribution is -2.42. The maximum absolute atomic E-state index is 12.9. The second-order valence-corrected chi connectivity index (χ2v) is 8.22. The van der Waals surface area contributed by atoms with Gasteiger partial charge in [-0.1, -0.05) is 0 Å². The molecule has 0 unspecified atom stereocenters. The van der Waals surface area contributed by atoms with Crippen molar-refractivity contribution in [2.24, 2.45) is 5.92 Å². The molecule has 1 aliphatic heterocycles. The molecular weight excluding hydrogens is 451 g/mol. The number of oxazole rings is 1. The summed E-state index contributed by atoms with van der Waals surface area (Å²) >= 11 is 0. The number of aromatic nitrogens is 1. The Hall–Kier alpha value is -3.76. The fourth-order valence-corrected chi connectivity index (χ4v) is 3.94. The molecule has 4 N–H and O–H groups in total. The van der Waals surface area contributed by atoms with Crippen molar-refractivity contribution in [1.82, 2.24) is 15.6 Å². The number of carbonyl (C=O) groups excluding carboxylic acids is 2. The van der Waals surface area contributed by atoms with Crippen LogP contribution >= 0.6 is 0 Å². The number of halogens is 3. The quantitative estimate of drug-likeness (QED) is 0.472. The Balaban J connectivity index is 1.21. The minimum Gasteiger partial charge on any atom is -0.443 e. The first-order chi connectivity index (χ1) is 16.2. The number of benzene rings is 2. The van der Waals surface area contributed by atoms with E-state index in [0.29, 0.717) is 12.6 Å². The Labute approximate surface area is 193 Å². The molecule has 0 spiro atoms. The Kier molecular flexibility index (Phi) is 6.62. The van der Waals surface area contributed by atoms with E-state index in [-0.39, 0.29) is 23.7 Å². The highest BCUT2D eigenvalue weighted by Crippen LogP contribution is 2.31. The Morgan fingerprint density at radius 2 is 1.88 bits per heavy atom. The van der Waals surface area contributed by atoms with E-state index in [0.717, 1.165) is 54.9 Å². The third-order valence-corrected chi connectivity index (χ3v) is 5.92. The molecule has 1 aromatic heterocycles. The van der Waals surface area contributed by atoms with Gasteiger partial charge in [0.15, 0.2) is 12.0 Å². The van der Waals surface area contributed by atoms with Gasteiger partial charge in [-0.05, 0) is 55.2 Å². The van der Waals surface area contributed by atoms with Crippen molar-refractivity contribution in [2.45, 2.75) is 19.0 Å². The van der Waals surface area contributed by atoms with E-state index >= 15 is 0 Å². The van der Waals surface area contributed by atoms with Gasteiger partial charge < -0.3 is 25.7 Å². The SMILES string of the molecule is Nc1ccc(C(F)(F)F)cc1C(=O)NCC(=O)NCC1CCN(c2ccc3ocnc3c2)CC1. The third-order valence-electron chi connectivity index (χ3n) is 5.92. The van der Waals surface area contributed by atoms with Crippen molar-refractivity contribution < 1.29 is 27.2 Å². The van der Waals surface area contributed by atoms with Crippen molar-refractivity contribution in [2.75, 3.05) is 36.8 Å². The summed E-state index contributed by atoms with van der Waals surface area (Å²) in [7, 11) is 0. The van der Waals surface area contributed by atoms with Gasteiger partial charge in [0, 0.05) is 31.0 Å². The zero-order valence-electron chi connectivity index (χ0n) is 18.2. The molecule has 0 saturated carbocycles. The summed E-state index contributed by atoms with van der Waals surface area (Å²) < 4.78 is 43.9. The van der Waals surface area contributed by atoms with E-state index in [1.807, 2.05) is 18.2 Å². The Bertz CT molecular complexity index is 1190. The number of nitrogens with one attached hydrogen (secondary N) is 2. The molecule has 3 aromatic rings. The predicted octanol–water partition coefficient (Wildman–Crippen LogP) is 3.19. The number of hydrogen-bond donors (Lipinski definition) is 3. The Morgan fingerprint density at radius 1 is 1.12 bits per heavy atom. The number of anilines is 2. The summed E-state index contributed by atoms with van der Waals surface area (Å²) in [6, 6.07) is 8.38. The molecule has 2 heterocycles. The third kappa shape index (κ3) is 5.41. The van der Waals surface area contributed by atoms with Crippen molar-refractivity contribution in [3.05, 3.63) is 53.9 Å². The lowest BCUT2D eigenvalue weighted by atomic mass is 9.96. The monoisotopic (exact) mass is 475 g/mol. The molecule has 1 saturated heterocycles. The normalized spacial score (nSPS) is 14.9. The molecule has 180 valence electrons. The number of hydrogen-bond acceptors (Lipinski definition) is 6. The highest BCUT2D eigenvalue weighted by atomic mass is 19.4. The molecule has 0 atom stereocenters. The zero-order valence-corrected chi connectivity index (χ0v) is 18.2. The van der Waals surface area contributed by atoms with Crippen LogP contribution in [0.3, 0.4) is 0 Å². The van der Waals surface area contributed by atoms with Gasteiger partial charge >= 0.3 is 6.18 Å². The molecule has 34 heavy (non-hydrogen) atoms. The molecule has 1 aliphatic rings. The largest absolute Gasteiger partial charge is 0.443 e. The van der Waals surface area contributed by atoms with E-state index in [2.05, 4.69) is 20.5 Å². The van der Waals surface area contributed by atoms with Crippen LogP contribution in [-0.2, 0) is 11.0 Å². The molecule has 0 bridgehead atoms. The maximum atomic E-state index is 12.9. The minimum atomic E-state index is -4.60. The van der Waals surface area contributed by atoms with Crippen LogP contribution in [0.1, 0.15) is 28.8 Å². The van der Waals surface area contributed by atoms with E-state index < -0.39 is 23.6 Å². The summed E-state index contributed by atoms with van der Waals surface area (Å²) in [5.74, 6) is -0.972. The summed E-state index contributed by atoms with van der Waals surface area (Å²) in [5, 5.41) is 5.11. The number of carbonyl (C=O) groups is 2. The summed E-state index contributed by atoms with van der Waals surface area (Å²) in [6.07, 6.45) is -1.42. The smallest absolute Gasteiger partial charge is 0.416 e. The molecule has 4 rings (SSSR count). The molecule has 1 fully saturated rings. The van der Waals surface area contributed by atoms with Crippen molar-refractivity contribution in [3.8, 4) is 0 Å². The van der Waals surface area contributed by atoms with Gasteiger partial charge in [-0.15, -0.1) is 0 Å². The number of nitrogens with two attached hydrogens (primary N) is 1. The highest BCUT2D eigenvalue weighted by molar-refractivity contribution is 6.00. The van der Waals surface area contributed by atoms with Crippen LogP contribution in [0.5, 0.6) is 0 Å². The van der Waals surface area contributed by atoms with Crippen molar-refractivity contribution >= 4 is 34.3 Å². The van der Waals surface area contributed by atoms with E-state index in [4.69, 9.17) is 10.2 Å². The number of alkyl halides is 3. The van der Waals surface area contributed by atoms with Gasteiger partial charge in [-0.3, -0.25) is 9.59 Å². The molecule has 2 amide bonds. The molecule has 2 aromatic carbocycles. The Morgan fingerprint density at radius 3 is 2.62 bits per heavy atom. The lowest BCUT2D eigenvalue weighted by molar-refractivity contribution is -0.137. The molecule has 0 radical (unpaired) electrons. The van der Waals surface area contributed by atoms with Crippen LogP contribution in [0.4, 0.5) is 24.5 Å². The predicted molar refractivity (Wildman–Crippen MR) is 120 cm³/mol. The second-order valence-electron chi connectivity index (χ2n) is 8.22. The van der Waals surface area contributed by atoms with Gasteiger partial charge in [0.1, 0.15) is 5.52 Å². The minimum absolute atomic E-state index is 0.0969. The average Bonchev–Trinajstić information content (AvgIpc) is 3.29. The van der Waals surface area contributed by atoms with E-state index in [1.165, 1.54) is 6.39 Å². The number of piperidine rings is 1. The van der Waals surface area contributed by atoms with Crippen molar-refractivity contribution in [1.29, 1.82) is 0 Å². The summed E-state index contributed by atoms with van der Waals surface area (Å²) in [4.78, 5) is 30.8. The summed E-state index contributed by atoms with van der Waals surface area (Å²) in [6.45, 7) is 1.76. The fraction of sp³-hybridized carbons (Fsp3) is 0.348. The van der Waals surface area contributed by atoms with Crippen LogP contribution in [-0.4, -0.2) is 43.0 Å². The first-order valence-corrected chi connectivity index (χ1v) is 10.8. The average molecular weight is 475 g/mol. The zero-order chi connectivity index (χ0) is 24.3. The number of amides is 2. The van der Waals surface area contributed by atoms with Crippen LogP contribution in [0, 0.1) is 5.92 Å². The van der Waals surface area contributed by atoms with Gasteiger partial charge in [0.2, 0.25) is 5.91 Å². The van der Waals surface area contributed by atoms with Gasteiger partial charge in [0.05, 0.1) is 17.7 Å². The second kappa shape index (κ2) is 9.62. The standard InChI is InChI=1S/C23H24F3N5O3/c24-23(25,26)15-1-3-18(27)17(9-15)22(33)29-12-21(32)28-11-14-5-7-31(8-6-14)16-2-4-20-19(10-16)30-13-34-20/h1-4,9-10,13-14H,5-8,11-12,27H2,(H,28,32)(H,29,33). The van der Waals surface area contributed by atoms with Gasteiger partial charge in [0.25, 0.3) is 5.91 Å². The van der Waals surface area contributed by atoms with Crippen LogP contribution < -0.4 is 21.3 Å². The van der Waals surface area contributed by atoms with Crippen LogP contribution in [0.15, 0.2) is 47.2 Å². The van der Waals surface area contributed by atoms with Crippen molar-refractivity contribution in [3.63, 3.8) is 0 Å². The number of nitrogens with zero attached hydrogens (tertiary/aromatic N) is 2. The van der Waals surface area contributed by atoms with E-state index in [9.17, 15) is 22.8 Å². The molecule has 11 heteroatoms. The number of rotatable bonds is 6. The summed E-state index contributed by atoms with van der Waals surface area (Å²) in [5.41, 5.74) is 6.85. The number of fused-ring (bicyclic) bond motifs is 1. The first kappa shape index (κ1) is 23.4. The van der Waals surface area contributed by atoms with E-state index in [1.54, 1.807) is 0 Å².